The lowest BCUT2D eigenvalue weighted by Crippen LogP contribution is -2.48. The number of methoxy groups -OCH3 is 1. The number of benzene rings is 3. The molecule has 0 radical (unpaired) electrons. The quantitative estimate of drug-likeness (QED) is 0.223. The molecule has 1 atom stereocenters. The van der Waals surface area contributed by atoms with Gasteiger partial charge in [0, 0.05) is 31.7 Å². The third-order valence-electron chi connectivity index (χ3n) is 7.40. The fraction of sp³-hybridized carbons (Fsp3) is 0.273. The van der Waals surface area contributed by atoms with Gasteiger partial charge < -0.3 is 14.5 Å². The minimum absolute atomic E-state index is 0.0458. The Kier molecular flexibility index (Phi) is 9.04. The fourth-order valence-corrected chi connectivity index (χ4v) is 6.37. The van der Waals surface area contributed by atoms with Crippen molar-refractivity contribution in [3.05, 3.63) is 129 Å². The SMILES string of the molecule is COCCCN(CC(=O)N1CCc2sccc2C1c1ccc(F)cc1)C(=O)C(c1ccccc1)c1ccccc1. The van der Waals surface area contributed by atoms with E-state index in [9.17, 15) is 14.0 Å². The summed E-state index contributed by atoms with van der Waals surface area (Å²) in [6, 6.07) is 27.5. The van der Waals surface area contributed by atoms with Crippen molar-refractivity contribution in [2.75, 3.05) is 33.4 Å². The lowest BCUT2D eigenvalue weighted by Gasteiger charge is -2.38. The molecule has 5 nitrogen and oxygen atoms in total. The summed E-state index contributed by atoms with van der Waals surface area (Å²) in [4.78, 5) is 33.1. The fourth-order valence-electron chi connectivity index (χ4n) is 5.46. The van der Waals surface area contributed by atoms with E-state index < -0.39 is 5.92 Å². The summed E-state index contributed by atoms with van der Waals surface area (Å²) in [7, 11) is 1.63. The molecule has 3 aromatic carbocycles. The normalized spacial score (nSPS) is 14.7. The summed E-state index contributed by atoms with van der Waals surface area (Å²) < 4.78 is 19.1. The van der Waals surface area contributed by atoms with Crippen LogP contribution in [0.5, 0.6) is 0 Å². The number of ether oxygens (including phenoxy) is 1. The van der Waals surface area contributed by atoms with Gasteiger partial charge >= 0.3 is 0 Å². The van der Waals surface area contributed by atoms with Gasteiger partial charge in [0.05, 0.1) is 18.5 Å². The number of nitrogens with zero attached hydrogens (tertiary/aromatic N) is 2. The highest BCUT2D eigenvalue weighted by atomic mass is 32.1. The molecular weight excluding hydrogens is 523 g/mol. The minimum Gasteiger partial charge on any atom is -0.385 e. The summed E-state index contributed by atoms with van der Waals surface area (Å²) in [5.41, 5.74) is 3.69. The summed E-state index contributed by atoms with van der Waals surface area (Å²) in [5.74, 6) is -1.09. The number of rotatable bonds is 10. The van der Waals surface area contributed by atoms with Crippen molar-refractivity contribution in [2.45, 2.75) is 24.8 Å². The van der Waals surface area contributed by atoms with E-state index in [1.165, 1.54) is 17.0 Å². The van der Waals surface area contributed by atoms with Crippen LogP contribution in [0.4, 0.5) is 4.39 Å². The molecule has 5 rings (SSSR count). The van der Waals surface area contributed by atoms with Crippen LogP contribution in [0.25, 0.3) is 0 Å². The van der Waals surface area contributed by atoms with Crippen molar-refractivity contribution in [3.63, 3.8) is 0 Å². The zero-order valence-electron chi connectivity index (χ0n) is 22.5. The molecule has 0 spiro atoms. The van der Waals surface area contributed by atoms with Crippen molar-refractivity contribution in [3.8, 4) is 0 Å². The van der Waals surface area contributed by atoms with Crippen molar-refractivity contribution >= 4 is 23.2 Å². The van der Waals surface area contributed by atoms with Gasteiger partial charge in [-0.05, 0) is 58.7 Å². The predicted octanol–water partition coefficient (Wildman–Crippen LogP) is 6.06. The Bertz CT molecular complexity index is 1370. The smallest absolute Gasteiger partial charge is 0.242 e. The van der Waals surface area contributed by atoms with E-state index in [4.69, 9.17) is 4.74 Å². The number of carbonyl (C=O) groups excluding carboxylic acids is 2. The minimum atomic E-state index is -0.532. The molecule has 0 saturated heterocycles. The average molecular weight is 557 g/mol. The molecular formula is C33H33FN2O3S. The van der Waals surface area contributed by atoms with Crippen LogP contribution in [0.1, 0.15) is 45.5 Å². The molecule has 1 aromatic heterocycles. The molecule has 0 saturated carbocycles. The summed E-state index contributed by atoms with van der Waals surface area (Å²) in [5, 5.41) is 2.04. The zero-order chi connectivity index (χ0) is 27.9. The van der Waals surface area contributed by atoms with Crippen LogP contribution in [0.2, 0.25) is 0 Å². The molecule has 2 heterocycles. The number of hydrogen-bond donors (Lipinski definition) is 0. The Morgan fingerprint density at radius 3 is 2.25 bits per heavy atom. The van der Waals surface area contributed by atoms with Crippen molar-refractivity contribution in [2.24, 2.45) is 0 Å². The van der Waals surface area contributed by atoms with Gasteiger partial charge in [-0.15, -0.1) is 11.3 Å². The van der Waals surface area contributed by atoms with Gasteiger partial charge in [-0.2, -0.15) is 0 Å². The first-order chi connectivity index (χ1) is 19.6. The van der Waals surface area contributed by atoms with E-state index in [2.05, 4.69) is 6.07 Å². The van der Waals surface area contributed by atoms with E-state index in [0.29, 0.717) is 26.1 Å². The first kappa shape index (κ1) is 27.7. The molecule has 0 fully saturated rings. The zero-order valence-corrected chi connectivity index (χ0v) is 23.4. The second-order valence-corrected chi connectivity index (χ2v) is 11.0. The van der Waals surface area contributed by atoms with Gasteiger partial charge in [0.1, 0.15) is 5.82 Å². The molecule has 1 aliphatic rings. The van der Waals surface area contributed by atoms with E-state index in [1.807, 2.05) is 70.9 Å². The van der Waals surface area contributed by atoms with E-state index in [0.717, 1.165) is 28.7 Å². The summed E-state index contributed by atoms with van der Waals surface area (Å²) in [6.45, 7) is 1.37. The van der Waals surface area contributed by atoms with Gasteiger partial charge in [-0.3, -0.25) is 9.59 Å². The maximum atomic E-state index is 14.3. The van der Waals surface area contributed by atoms with Crippen LogP contribution in [0.3, 0.4) is 0 Å². The lowest BCUT2D eigenvalue weighted by molar-refractivity contribution is -0.142. The highest BCUT2D eigenvalue weighted by Crippen LogP contribution is 2.38. The Morgan fingerprint density at radius 1 is 0.975 bits per heavy atom. The molecule has 1 aliphatic heterocycles. The van der Waals surface area contributed by atoms with Crippen LogP contribution in [0.15, 0.2) is 96.4 Å². The number of amides is 2. The summed E-state index contributed by atoms with van der Waals surface area (Å²) >= 11 is 1.68. The Hall–Kier alpha value is -3.81. The number of fused-ring (bicyclic) bond motifs is 1. The van der Waals surface area contributed by atoms with Crippen LogP contribution >= 0.6 is 11.3 Å². The highest BCUT2D eigenvalue weighted by molar-refractivity contribution is 7.10. The Morgan fingerprint density at radius 2 is 1.62 bits per heavy atom. The van der Waals surface area contributed by atoms with Crippen LogP contribution in [-0.4, -0.2) is 55.0 Å². The third kappa shape index (κ3) is 6.16. The summed E-state index contributed by atoms with van der Waals surface area (Å²) in [6.07, 6.45) is 1.37. The molecule has 0 bridgehead atoms. The first-order valence-corrected chi connectivity index (χ1v) is 14.4. The maximum Gasteiger partial charge on any atom is 0.242 e. The first-order valence-electron chi connectivity index (χ1n) is 13.6. The van der Waals surface area contributed by atoms with E-state index in [1.54, 1.807) is 35.5 Å². The number of hydrogen-bond acceptors (Lipinski definition) is 4. The molecule has 206 valence electrons. The Balaban J connectivity index is 1.46. The molecule has 1 unspecified atom stereocenters. The standard InChI is InChI=1S/C33H33FN2O3S/c1-39-21-8-19-35(33(38)31(24-9-4-2-5-10-24)25-11-6-3-7-12-25)23-30(37)36-20-17-29-28(18-22-40-29)32(36)26-13-15-27(34)16-14-26/h2-7,9-16,18,22,31-32H,8,17,19-21,23H2,1H3. The van der Waals surface area contributed by atoms with Gasteiger partial charge in [0.2, 0.25) is 11.8 Å². The van der Waals surface area contributed by atoms with Crippen LogP contribution in [0, 0.1) is 5.82 Å². The van der Waals surface area contributed by atoms with Crippen LogP contribution < -0.4 is 0 Å². The van der Waals surface area contributed by atoms with Crippen molar-refractivity contribution in [1.82, 2.24) is 9.80 Å². The van der Waals surface area contributed by atoms with Gasteiger partial charge in [-0.1, -0.05) is 72.8 Å². The molecule has 7 heteroatoms. The second kappa shape index (κ2) is 13.0. The molecule has 0 aliphatic carbocycles. The molecule has 40 heavy (non-hydrogen) atoms. The van der Waals surface area contributed by atoms with E-state index in [-0.39, 0.29) is 30.2 Å². The number of thiophene rings is 1. The van der Waals surface area contributed by atoms with Crippen LogP contribution in [-0.2, 0) is 20.7 Å². The molecule has 2 amide bonds. The highest BCUT2D eigenvalue weighted by Gasteiger charge is 2.35. The molecule has 0 N–H and O–H groups in total. The maximum absolute atomic E-state index is 14.3. The Labute approximate surface area is 238 Å². The number of carbonyl (C=O) groups is 2. The number of halogens is 1. The predicted molar refractivity (Wildman–Crippen MR) is 156 cm³/mol. The largest absolute Gasteiger partial charge is 0.385 e. The van der Waals surface area contributed by atoms with Gasteiger partial charge in [-0.25, -0.2) is 4.39 Å². The van der Waals surface area contributed by atoms with E-state index >= 15 is 0 Å². The topological polar surface area (TPSA) is 49.9 Å². The van der Waals surface area contributed by atoms with Crippen molar-refractivity contribution in [1.29, 1.82) is 0 Å². The van der Waals surface area contributed by atoms with Gasteiger partial charge in [0.25, 0.3) is 0 Å². The van der Waals surface area contributed by atoms with Crippen molar-refractivity contribution < 1.29 is 18.7 Å². The molecule has 4 aromatic rings. The average Bonchev–Trinajstić information content (AvgIpc) is 3.47. The second-order valence-electron chi connectivity index (χ2n) is 9.95. The lowest BCUT2D eigenvalue weighted by atomic mass is 9.89. The monoisotopic (exact) mass is 556 g/mol. The third-order valence-corrected chi connectivity index (χ3v) is 8.40. The van der Waals surface area contributed by atoms with Gasteiger partial charge in [0.15, 0.2) is 0 Å².